The van der Waals surface area contributed by atoms with E-state index in [-0.39, 0.29) is 11.8 Å². The van der Waals surface area contributed by atoms with Crippen molar-refractivity contribution in [2.75, 3.05) is 6.54 Å². The Morgan fingerprint density at radius 2 is 1.94 bits per heavy atom. The quantitative estimate of drug-likeness (QED) is 0.732. The lowest BCUT2D eigenvalue weighted by molar-refractivity contribution is -0.135. The first kappa shape index (κ1) is 12.8. The minimum absolute atomic E-state index is 0.0200. The van der Waals surface area contributed by atoms with Crippen LogP contribution in [0.4, 0.5) is 4.79 Å². The van der Waals surface area contributed by atoms with E-state index < -0.39 is 11.7 Å². The van der Waals surface area contributed by atoms with Crippen LogP contribution in [0.1, 0.15) is 40.5 Å². The molecule has 0 heterocycles. The van der Waals surface area contributed by atoms with E-state index in [4.69, 9.17) is 4.74 Å². The monoisotopic (exact) mass is 228 g/mol. The lowest BCUT2D eigenvalue weighted by atomic mass is 10.2. The van der Waals surface area contributed by atoms with Crippen LogP contribution in [-0.2, 0) is 9.53 Å². The van der Waals surface area contributed by atoms with Crippen LogP contribution in [0.5, 0.6) is 0 Å². The van der Waals surface area contributed by atoms with E-state index in [0.29, 0.717) is 6.54 Å². The summed E-state index contributed by atoms with van der Waals surface area (Å²) in [6, 6.07) is 0. The first-order chi connectivity index (χ1) is 7.33. The Labute approximate surface area is 96.1 Å². The van der Waals surface area contributed by atoms with Gasteiger partial charge in [-0.3, -0.25) is 9.80 Å². The van der Waals surface area contributed by atoms with E-state index in [0.717, 1.165) is 12.8 Å². The Bertz CT molecular complexity index is 279. The molecule has 1 rings (SSSR count). The lowest BCUT2D eigenvalue weighted by Gasteiger charge is -2.25. The molecule has 1 fully saturated rings. The molecule has 0 aliphatic heterocycles. The van der Waals surface area contributed by atoms with Gasteiger partial charge in [-0.05, 0) is 40.5 Å². The SMILES string of the molecule is CCN(NC(=O)OC(C)(C)C)C(=O)C1CC1. The molecule has 1 N–H and O–H groups in total. The highest BCUT2D eigenvalue weighted by Crippen LogP contribution is 2.30. The standard InChI is InChI=1S/C11H20N2O3/c1-5-13(9(14)8-6-7-8)12-10(15)16-11(2,3)4/h8H,5-7H2,1-4H3,(H,12,15). The smallest absolute Gasteiger partial charge is 0.426 e. The molecule has 0 aromatic heterocycles. The summed E-state index contributed by atoms with van der Waals surface area (Å²) in [5.41, 5.74) is 1.92. The van der Waals surface area contributed by atoms with Crippen molar-refractivity contribution < 1.29 is 14.3 Å². The Morgan fingerprint density at radius 1 is 1.38 bits per heavy atom. The normalized spacial score (nSPS) is 15.5. The van der Waals surface area contributed by atoms with Crippen LogP contribution >= 0.6 is 0 Å². The molecule has 5 heteroatoms. The number of carbonyl (C=O) groups excluding carboxylic acids is 2. The van der Waals surface area contributed by atoms with E-state index in [1.165, 1.54) is 5.01 Å². The average molecular weight is 228 g/mol. The number of carbonyl (C=O) groups is 2. The van der Waals surface area contributed by atoms with Crippen molar-refractivity contribution in [3.05, 3.63) is 0 Å². The summed E-state index contributed by atoms with van der Waals surface area (Å²) in [6.45, 7) is 7.62. The minimum Gasteiger partial charge on any atom is -0.443 e. The number of nitrogens with one attached hydrogen (secondary N) is 1. The van der Waals surface area contributed by atoms with Gasteiger partial charge in [0, 0.05) is 12.5 Å². The first-order valence-electron chi connectivity index (χ1n) is 5.64. The molecule has 1 aliphatic carbocycles. The third-order valence-electron chi connectivity index (χ3n) is 2.13. The number of amides is 2. The minimum atomic E-state index is -0.580. The van der Waals surface area contributed by atoms with Crippen LogP contribution in [0.25, 0.3) is 0 Å². The molecule has 92 valence electrons. The number of hydrogen-bond donors (Lipinski definition) is 1. The number of nitrogens with zero attached hydrogens (tertiary/aromatic N) is 1. The van der Waals surface area contributed by atoms with Crippen LogP contribution < -0.4 is 5.43 Å². The lowest BCUT2D eigenvalue weighted by Crippen LogP contribution is -2.48. The van der Waals surface area contributed by atoms with Crippen molar-refractivity contribution in [3.8, 4) is 0 Å². The predicted octanol–water partition coefficient (Wildman–Crippen LogP) is 1.68. The van der Waals surface area contributed by atoms with Gasteiger partial charge in [0.25, 0.3) is 0 Å². The van der Waals surface area contributed by atoms with Crippen LogP contribution in [0.3, 0.4) is 0 Å². The molecule has 0 radical (unpaired) electrons. The maximum atomic E-state index is 11.7. The third kappa shape index (κ3) is 4.08. The predicted molar refractivity (Wildman–Crippen MR) is 59.5 cm³/mol. The summed E-state index contributed by atoms with van der Waals surface area (Å²) in [6.07, 6.45) is 1.26. The molecule has 2 amide bonds. The topological polar surface area (TPSA) is 58.6 Å². The van der Waals surface area contributed by atoms with Gasteiger partial charge in [-0.1, -0.05) is 0 Å². The Hall–Kier alpha value is -1.26. The summed E-state index contributed by atoms with van der Waals surface area (Å²) in [4.78, 5) is 23.1. The highest BCUT2D eigenvalue weighted by molar-refractivity contribution is 5.83. The number of hydrazine groups is 1. The Kier molecular flexibility index (Phi) is 3.78. The van der Waals surface area contributed by atoms with Crippen molar-refractivity contribution in [3.63, 3.8) is 0 Å². The van der Waals surface area contributed by atoms with Crippen molar-refractivity contribution in [1.29, 1.82) is 0 Å². The maximum Gasteiger partial charge on any atom is 0.426 e. The van der Waals surface area contributed by atoms with Crippen molar-refractivity contribution in [2.45, 2.75) is 46.1 Å². The molecule has 0 atom stereocenters. The summed E-state index contributed by atoms with van der Waals surface area (Å²) >= 11 is 0. The largest absolute Gasteiger partial charge is 0.443 e. The fourth-order valence-corrected chi connectivity index (χ4v) is 1.25. The zero-order chi connectivity index (χ0) is 12.3. The summed E-state index contributed by atoms with van der Waals surface area (Å²) in [7, 11) is 0. The number of ether oxygens (including phenoxy) is 1. The van der Waals surface area contributed by atoms with E-state index in [9.17, 15) is 9.59 Å². The fourth-order valence-electron chi connectivity index (χ4n) is 1.25. The fraction of sp³-hybridized carbons (Fsp3) is 0.818. The van der Waals surface area contributed by atoms with Crippen LogP contribution in [0.15, 0.2) is 0 Å². The molecule has 0 spiro atoms. The average Bonchev–Trinajstić information content (AvgIpc) is 2.93. The van der Waals surface area contributed by atoms with Crippen LogP contribution in [0, 0.1) is 5.92 Å². The zero-order valence-electron chi connectivity index (χ0n) is 10.4. The molecule has 0 aromatic carbocycles. The van der Waals surface area contributed by atoms with Crippen LogP contribution in [-0.4, -0.2) is 29.2 Å². The highest BCUT2D eigenvalue weighted by atomic mass is 16.6. The van der Waals surface area contributed by atoms with Crippen molar-refractivity contribution in [2.24, 2.45) is 5.92 Å². The zero-order valence-corrected chi connectivity index (χ0v) is 10.4. The van der Waals surface area contributed by atoms with Gasteiger partial charge in [0.1, 0.15) is 5.60 Å². The number of hydrogen-bond acceptors (Lipinski definition) is 3. The van der Waals surface area contributed by atoms with Crippen molar-refractivity contribution >= 4 is 12.0 Å². The van der Waals surface area contributed by atoms with Crippen LogP contribution in [0.2, 0.25) is 0 Å². The molecule has 1 saturated carbocycles. The van der Waals surface area contributed by atoms with E-state index >= 15 is 0 Å². The van der Waals surface area contributed by atoms with Gasteiger partial charge in [-0.25, -0.2) is 10.2 Å². The second-order valence-electron chi connectivity index (χ2n) is 4.97. The molecule has 5 nitrogen and oxygen atoms in total. The van der Waals surface area contributed by atoms with Gasteiger partial charge in [0.05, 0.1) is 0 Å². The molecular weight excluding hydrogens is 208 g/mol. The Balaban J connectivity index is 2.43. The number of rotatable bonds is 2. The molecule has 1 aliphatic rings. The summed E-state index contributed by atoms with van der Waals surface area (Å²) in [5, 5.41) is 1.33. The molecule has 0 saturated heterocycles. The van der Waals surface area contributed by atoms with E-state index in [1.807, 2.05) is 6.92 Å². The van der Waals surface area contributed by atoms with Gasteiger partial charge in [-0.15, -0.1) is 0 Å². The van der Waals surface area contributed by atoms with Gasteiger partial charge >= 0.3 is 6.09 Å². The first-order valence-corrected chi connectivity index (χ1v) is 5.64. The second kappa shape index (κ2) is 4.72. The molecule has 0 bridgehead atoms. The van der Waals surface area contributed by atoms with Gasteiger partial charge in [0.15, 0.2) is 0 Å². The third-order valence-corrected chi connectivity index (χ3v) is 2.13. The van der Waals surface area contributed by atoms with E-state index in [1.54, 1.807) is 20.8 Å². The van der Waals surface area contributed by atoms with E-state index in [2.05, 4.69) is 5.43 Å². The molecular formula is C11H20N2O3. The summed E-state index contributed by atoms with van der Waals surface area (Å²) in [5.74, 6) is 0.0724. The van der Waals surface area contributed by atoms with Crippen molar-refractivity contribution in [1.82, 2.24) is 10.4 Å². The molecule has 0 aromatic rings. The molecule has 16 heavy (non-hydrogen) atoms. The maximum absolute atomic E-state index is 11.7. The van der Waals surface area contributed by atoms with Gasteiger partial charge in [-0.2, -0.15) is 0 Å². The Morgan fingerprint density at radius 3 is 2.31 bits per heavy atom. The molecule has 0 unspecified atom stereocenters. The van der Waals surface area contributed by atoms with Gasteiger partial charge in [0.2, 0.25) is 5.91 Å². The summed E-state index contributed by atoms with van der Waals surface area (Å²) < 4.78 is 5.08. The second-order valence-corrected chi connectivity index (χ2v) is 4.97. The van der Waals surface area contributed by atoms with Gasteiger partial charge < -0.3 is 4.74 Å². The highest BCUT2D eigenvalue weighted by Gasteiger charge is 2.34.